The summed E-state index contributed by atoms with van der Waals surface area (Å²) in [5, 5.41) is 3.83. The van der Waals surface area contributed by atoms with Crippen molar-refractivity contribution in [1.82, 2.24) is 20.2 Å². The Kier molecular flexibility index (Phi) is 8.28. The van der Waals surface area contributed by atoms with Gasteiger partial charge in [0.25, 0.3) is 0 Å². The van der Waals surface area contributed by atoms with Crippen molar-refractivity contribution in [2.45, 2.75) is 64.7 Å². The number of hydrogen-bond acceptors (Lipinski definition) is 5. The first kappa shape index (κ1) is 22.8. The van der Waals surface area contributed by atoms with Crippen LogP contribution >= 0.6 is 11.8 Å². The molecule has 1 saturated heterocycles. The number of thioether (sulfide) groups is 1. The van der Waals surface area contributed by atoms with E-state index in [1.807, 2.05) is 20.1 Å². The standard InChI is InChI=1S/C24H34N4OS/c1-17-6-5-13-28(15-17)16-21-9-7-20(8-10-21)14-25-23(29)12-11-22-18(2)26-24(30-4)27-19(22)3/h7-10,17H,5-6,11-16H2,1-4H3,(H,25,29). The fourth-order valence-electron chi connectivity index (χ4n) is 4.14. The average molecular weight is 427 g/mol. The number of piperidine rings is 1. The van der Waals surface area contributed by atoms with Crippen LogP contribution in [0.3, 0.4) is 0 Å². The van der Waals surface area contributed by atoms with Gasteiger partial charge in [-0.05, 0) is 68.5 Å². The number of aryl methyl sites for hydroxylation is 2. The lowest BCUT2D eigenvalue weighted by Gasteiger charge is -2.30. The SMILES string of the molecule is CSc1nc(C)c(CCC(=O)NCc2ccc(CN3CCCC(C)C3)cc2)c(C)n1. The number of likely N-dealkylation sites (tertiary alicyclic amines) is 1. The predicted octanol–water partition coefficient (Wildman–Crippen LogP) is 4.30. The van der Waals surface area contributed by atoms with Crippen molar-refractivity contribution >= 4 is 17.7 Å². The predicted molar refractivity (Wildman–Crippen MR) is 124 cm³/mol. The molecular weight excluding hydrogens is 392 g/mol. The molecule has 1 unspecified atom stereocenters. The van der Waals surface area contributed by atoms with Gasteiger partial charge < -0.3 is 5.32 Å². The van der Waals surface area contributed by atoms with E-state index in [4.69, 9.17) is 0 Å². The number of carbonyl (C=O) groups is 1. The topological polar surface area (TPSA) is 58.1 Å². The van der Waals surface area contributed by atoms with Crippen LogP contribution in [0.5, 0.6) is 0 Å². The second-order valence-corrected chi connectivity index (χ2v) is 9.21. The highest BCUT2D eigenvalue weighted by atomic mass is 32.2. The van der Waals surface area contributed by atoms with Gasteiger partial charge in [0.2, 0.25) is 5.91 Å². The summed E-state index contributed by atoms with van der Waals surface area (Å²) >= 11 is 1.54. The van der Waals surface area contributed by atoms with Crippen LogP contribution in [0.2, 0.25) is 0 Å². The van der Waals surface area contributed by atoms with Gasteiger partial charge in [-0.15, -0.1) is 0 Å². The molecule has 3 rings (SSSR count). The van der Waals surface area contributed by atoms with E-state index < -0.39 is 0 Å². The summed E-state index contributed by atoms with van der Waals surface area (Å²) in [6.45, 7) is 10.3. The Morgan fingerprint density at radius 3 is 2.47 bits per heavy atom. The lowest BCUT2D eigenvalue weighted by molar-refractivity contribution is -0.121. The van der Waals surface area contributed by atoms with Crippen LogP contribution < -0.4 is 5.32 Å². The Morgan fingerprint density at radius 2 is 1.83 bits per heavy atom. The van der Waals surface area contributed by atoms with Crippen LogP contribution in [0.4, 0.5) is 0 Å². The van der Waals surface area contributed by atoms with Gasteiger partial charge in [-0.2, -0.15) is 0 Å². The lowest BCUT2D eigenvalue weighted by atomic mass is 9.99. The number of hydrogen-bond donors (Lipinski definition) is 1. The third-order valence-corrected chi connectivity index (χ3v) is 6.39. The normalized spacial score (nSPS) is 17.1. The van der Waals surface area contributed by atoms with Gasteiger partial charge >= 0.3 is 0 Å². The largest absolute Gasteiger partial charge is 0.352 e. The van der Waals surface area contributed by atoms with Crippen LogP contribution in [-0.4, -0.2) is 40.1 Å². The zero-order chi connectivity index (χ0) is 21.5. The van der Waals surface area contributed by atoms with Crippen molar-refractivity contribution < 1.29 is 4.79 Å². The molecule has 2 aromatic rings. The molecule has 0 spiro atoms. The van der Waals surface area contributed by atoms with E-state index in [1.165, 1.54) is 31.5 Å². The Hall–Kier alpha value is -1.92. The molecule has 1 amide bonds. The summed E-state index contributed by atoms with van der Waals surface area (Å²) in [5.41, 5.74) is 5.51. The van der Waals surface area contributed by atoms with Crippen LogP contribution in [0, 0.1) is 19.8 Å². The van der Waals surface area contributed by atoms with Gasteiger partial charge in [0.1, 0.15) is 0 Å². The summed E-state index contributed by atoms with van der Waals surface area (Å²) in [6, 6.07) is 8.65. The molecule has 1 atom stereocenters. The monoisotopic (exact) mass is 426 g/mol. The number of rotatable bonds is 8. The maximum atomic E-state index is 12.3. The van der Waals surface area contributed by atoms with Gasteiger partial charge in [-0.1, -0.05) is 43.0 Å². The number of benzene rings is 1. The zero-order valence-electron chi connectivity index (χ0n) is 18.7. The molecule has 1 aliphatic heterocycles. The number of nitrogens with one attached hydrogen (secondary N) is 1. The van der Waals surface area contributed by atoms with Crippen LogP contribution in [0.1, 0.15) is 54.3 Å². The maximum absolute atomic E-state index is 12.3. The van der Waals surface area contributed by atoms with Crippen molar-refractivity contribution in [3.8, 4) is 0 Å². The van der Waals surface area contributed by atoms with E-state index in [0.29, 0.717) is 19.4 Å². The molecule has 0 radical (unpaired) electrons. The zero-order valence-corrected chi connectivity index (χ0v) is 19.5. The molecular formula is C24H34N4OS. The van der Waals surface area contributed by atoms with E-state index in [2.05, 4.69) is 51.4 Å². The highest BCUT2D eigenvalue weighted by Crippen LogP contribution is 2.19. The van der Waals surface area contributed by atoms with Crippen LogP contribution in [-0.2, 0) is 24.3 Å². The first-order valence-electron chi connectivity index (χ1n) is 10.9. The highest BCUT2D eigenvalue weighted by Gasteiger charge is 2.16. The van der Waals surface area contributed by atoms with Crippen LogP contribution in [0.25, 0.3) is 0 Å². The van der Waals surface area contributed by atoms with Gasteiger partial charge in [-0.25, -0.2) is 9.97 Å². The van der Waals surface area contributed by atoms with Gasteiger partial charge in [0.15, 0.2) is 5.16 Å². The fraction of sp³-hybridized carbons (Fsp3) is 0.542. The first-order valence-corrected chi connectivity index (χ1v) is 12.1. The minimum atomic E-state index is 0.0640. The molecule has 1 aliphatic rings. The summed E-state index contributed by atoms with van der Waals surface area (Å²) in [6.07, 6.45) is 5.75. The van der Waals surface area contributed by atoms with E-state index in [9.17, 15) is 4.79 Å². The molecule has 0 saturated carbocycles. The second kappa shape index (κ2) is 10.9. The van der Waals surface area contributed by atoms with Crippen LogP contribution in [0.15, 0.2) is 29.4 Å². The molecule has 5 nitrogen and oxygen atoms in total. The Balaban J connectivity index is 1.44. The molecule has 30 heavy (non-hydrogen) atoms. The number of aromatic nitrogens is 2. The molecule has 0 bridgehead atoms. The minimum Gasteiger partial charge on any atom is -0.352 e. The lowest BCUT2D eigenvalue weighted by Crippen LogP contribution is -2.33. The van der Waals surface area contributed by atoms with E-state index >= 15 is 0 Å². The van der Waals surface area contributed by atoms with Gasteiger partial charge in [0, 0.05) is 37.4 Å². The summed E-state index contributed by atoms with van der Waals surface area (Å²) in [4.78, 5) is 23.9. The molecule has 1 N–H and O–H groups in total. The third-order valence-electron chi connectivity index (χ3n) is 5.84. The van der Waals surface area contributed by atoms with Crippen molar-refractivity contribution in [2.24, 2.45) is 5.92 Å². The molecule has 2 heterocycles. The number of carbonyl (C=O) groups excluding carboxylic acids is 1. The maximum Gasteiger partial charge on any atom is 0.220 e. The molecule has 1 aromatic carbocycles. The molecule has 1 aromatic heterocycles. The first-order chi connectivity index (χ1) is 14.4. The Bertz CT molecular complexity index is 830. The molecule has 1 fully saturated rings. The fourth-order valence-corrected chi connectivity index (χ4v) is 4.60. The Labute approximate surface area is 185 Å². The molecule has 0 aliphatic carbocycles. The third kappa shape index (κ3) is 6.54. The molecule has 162 valence electrons. The van der Waals surface area contributed by atoms with Crippen molar-refractivity contribution in [3.05, 3.63) is 52.3 Å². The quantitative estimate of drug-likeness (QED) is 0.504. The second-order valence-electron chi connectivity index (χ2n) is 8.44. The smallest absolute Gasteiger partial charge is 0.220 e. The van der Waals surface area contributed by atoms with Gasteiger partial charge in [-0.3, -0.25) is 9.69 Å². The number of amides is 1. The highest BCUT2D eigenvalue weighted by molar-refractivity contribution is 7.98. The molecule has 6 heteroatoms. The van der Waals surface area contributed by atoms with E-state index in [-0.39, 0.29) is 5.91 Å². The van der Waals surface area contributed by atoms with Gasteiger partial charge in [0.05, 0.1) is 0 Å². The number of nitrogens with zero attached hydrogens (tertiary/aromatic N) is 3. The van der Waals surface area contributed by atoms with E-state index in [0.717, 1.165) is 40.1 Å². The van der Waals surface area contributed by atoms with E-state index in [1.54, 1.807) is 11.8 Å². The summed E-state index contributed by atoms with van der Waals surface area (Å²) in [7, 11) is 0. The summed E-state index contributed by atoms with van der Waals surface area (Å²) in [5.74, 6) is 0.866. The summed E-state index contributed by atoms with van der Waals surface area (Å²) < 4.78 is 0. The average Bonchev–Trinajstić information content (AvgIpc) is 2.72. The van der Waals surface area contributed by atoms with Crippen molar-refractivity contribution in [2.75, 3.05) is 19.3 Å². The van der Waals surface area contributed by atoms with Crippen molar-refractivity contribution in [1.29, 1.82) is 0 Å². The Morgan fingerprint density at radius 1 is 1.17 bits per heavy atom. The van der Waals surface area contributed by atoms with Crippen molar-refractivity contribution in [3.63, 3.8) is 0 Å². The minimum absolute atomic E-state index is 0.0640.